The van der Waals surface area contributed by atoms with Crippen molar-refractivity contribution in [2.24, 2.45) is 5.84 Å². The van der Waals surface area contributed by atoms with Gasteiger partial charge in [-0.2, -0.15) is 0 Å². The Labute approximate surface area is 104 Å². The molecule has 1 fully saturated rings. The number of anilines is 1. The van der Waals surface area contributed by atoms with Crippen LogP contribution in [-0.4, -0.2) is 23.4 Å². The molecule has 0 spiro atoms. The number of carbonyl (C=O) groups excluding carboxylic acids is 1. The van der Waals surface area contributed by atoms with Gasteiger partial charge in [0.15, 0.2) is 11.6 Å². The van der Waals surface area contributed by atoms with Gasteiger partial charge in [-0.3, -0.25) is 10.6 Å². The Bertz CT molecular complexity index is 455. The van der Waals surface area contributed by atoms with Gasteiger partial charge in [0, 0.05) is 18.2 Å². The van der Waals surface area contributed by atoms with Gasteiger partial charge in [-0.1, -0.05) is 0 Å². The molecule has 1 heterocycles. The van der Waals surface area contributed by atoms with Crippen molar-refractivity contribution in [3.63, 3.8) is 0 Å². The maximum atomic E-state index is 13.5. The SMILES string of the molecule is CC1CCCN1C(=O)c1cc(F)c(NN)c(F)c1. The van der Waals surface area contributed by atoms with Crippen LogP contribution in [-0.2, 0) is 0 Å². The second kappa shape index (κ2) is 4.89. The smallest absolute Gasteiger partial charge is 0.254 e. The average Bonchev–Trinajstić information content (AvgIpc) is 2.74. The Hall–Kier alpha value is -1.69. The van der Waals surface area contributed by atoms with Gasteiger partial charge in [-0.15, -0.1) is 0 Å². The molecular formula is C12H15F2N3O. The number of nitrogen functional groups attached to an aromatic ring is 1. The van der Waals surface area contributed by atoms with Crippen molar-refractivity contribution in [3.05, 3.63) is 29.3 Å². The molecule has 1 amide bonds. The van der Waals surface area contributed by atoms with Crippen molar-refractivity contribution in [2.75, 3.05) is 12.0 Å². The fourth-order valence-corrected chi connectivity index (χ4v) is 2.24. The molecule has 1 unspecified atom stereocenters. The Kier molecular flexibility index (Phi) is 3.47. The Morgan fingerprint density at radius 3 is 2.50 bits per heavy atom. The zero-order valence-electron chi connectivity index (χ0n) is 10.0. The zero-order valence-corrected chi connectivity index (χ0v) is 10.0. The molecule has 18 heavy (non-hydrogen) atoms. The maximum absolute atomic E-state index is 13.5. The lowest BCUT2D eigenvalue weighted by Crippen LogP contribution is -2.33. The molecule has 0 saturated carbocycles. The second-order valence-electron chi connectivity index (χ2n) is 4.45. The van der Waals surface area contributed by atoms with Crippen LogP contribution in [0.25, 0.3) is 0 Å². The minimum absolute atomic E-state index is 0.0118. The van der Waals surface area contributed by atoms with E-state index in [9.17, 15) is 13.6 Å². The largest absolute Gasteiger partial charge is 0.336 e. The summed E-state index contributed by atoms with van der Waals surface area (Å²) in [5, 5.41) is 0. The minimum atomic E-state index is -0.868. The fourth-order valence-electron chi connectivity index (χ4n) is 2.24. The van der Waals surface area contributed by atoms with Crippen molar-refractivity contribution < 1.29 is 13.6 Å². The number of rotatable bonds is 2. The molecule has 4 nitrogen and oxygen atoms in total. The molecule has 2 rings (SSSR count). The molecule has 98 valence electrons. The summed E-state index contributed by atoms with van der Waals surface area (Å²) < 4.78 is 27.0. The summed E-state index contributed by atoms with van der Waals surface area (Å²) in [6.07, 6.45) is 1.83. The van der Waals surface area contributed by atoms with Gasteiger partial charge in [-0.05, 0) is 31.9 Å². The average molecular weight is 255 g/mol. The van der Waals surface area contributed by atoms with Crippen molar-refractivity contribution in [2.45, 2.75) is 25.8 Å². The fraction of sp³-hybridized carbons (Fsp3) is 0.417. The highest BCUT2D eigenvalue weighted by Gasteiger charge is 2.27. The van der Waals surface area contributed by atoms with Crippen molar-refractivity contribution in [3.8, 4) is 0 Å². The van der Waals surface area contributed by atoms with E-state index in [4.69, 9.17) is 5.84 Å². The maximum Gasteiger partial charge on any atom is 0.254 e. The first-order chi connectivity index (χ1) is 8.54. The van der Waals surface area contributed by atoms with Gasteiger partial charge in [0.05, 0.1) is 0 Å². The van der Waals surface area contributed by atoms with Gasteiger partial charge in [-0.25, -0.2) is 8.78 Å². The third kappa shape index (κ3) is 2.15. The number of nitrogens with zero attached hydrogens (tertiary/aromatic N) is 1. The number of halogens is 2. The third-order valence-electron chi connectivity index (χ3n) is 3.25. The van der Waals surface area contributed by atoms with Crippen LogP contribution in [0.3, 0.4) is 0 Å². The van der Waals surface area contributed by atoms with Crippen LogP contribution in [0, 0.1) is 11.6 Å². The number of hydrogen-bond acceptors (Lipinski definition) is 3. The first-order valence-corrected chi connectivity index (χ1v) is 5.81. The second-order valence-corrected chi connectivity index (χ2v) is 4.45. The number of hydrazine groups is 1. The minimum Gasteiger partial charge on any atom is -0.336 e. The van der Waals surface area contributed by atoms with Crippen LogP contribution < -0.4 is 11.3 Å². The van der Waals surface area contributed by atoms with Crippen molar-refractivity contribution >= 4 is 11.6 Å². The molecule has 0 aromatic heterocycles. The Morgan fingerprint density at radius 1 is 1.44 bits per heavy atom. The summed E-state index contributed by atoms with van der Waals surface area (Å²) in [5.74, 6) is 2.91. The lowest BCUT2D eigenvalue weighted by Gasteiger charge is -2.21. The molecular weight excluding hydrogens is 240 g/mol. The molecule has 1 aliphatic rings. The number of amides is 1. The van der Waals surface area contributed by atoms with E-state index < -0.39 is 17.3 Å². The predicted molar refractivity (Wildman–Crippen MR) is 63.9 cm³/mol. The highest BCUT2D eigenvalue weighted by molar-refractivity contribution is 5.95. The van der Waals surface area contributed by atoms with Crippen LogP contribution >= 0.6 is 0 Å². The summed E-state index contributed by atoms with van der Waals surface area (Å²) in [7, 11) is 0. The van der Waals surface area contributed by atoms with Gasteiger partial charge < -0.3 is 10.3 Å². The van der Waals surface area contributed by atoms with Crippen LogP contribution in [0.5, 0.6) is 0 Å². The summed E-state index contributed by atoms with van der Waals surface area (Å²) in [6.45, 7) is 2.55. The van der Waals surface area contributed by atoms with Crippen LogP contribution in [0.1, 0.15) is 30.1 Å². The number of hydrogen-bond donors (Lipinski definition) is 2. The van der Waals surface area contributed by atoms with E-state index in [0.29, 0.717) is 6.54 Å². The molecule has 0 radical (unpaired) electrons. The number of carbonyl (C=O) groups is 1. The Morgan fingerprint density at radius 2 is 2.06 bits per heavy atom. The van der Waals surface area contributed by atoms with E-state index in [1.54, 1.807) is 4.90 Å². The normalized spacial score (nSPS) is 19.1. The molecule has 0 bridgehead atoms. The summed E-state index contributed by atoms with van der Waals surface area (Å²) in [6, 6.07) is 2.12. The predicted octanol–water partition coefficient (Wildman–Crippen LogP) is 1.87. The van der Waals surface area contributed by atoms with E-state index in [1.807, 2.05) is 12.3 Å². The van der Waals surface area contributed by atoms with E-state index in [0.717, 1.165) is 25.0 Å². The van der Waals surface area contributed by atoms with E-state index in [2.05, 4.69) is 0 Å². The monoisotopic (exact) mass is 255 g/mol. The first kappa shape index (κ1) is 12.8. The highest BCUT2D eigenvalue weighted by atomic mass is 19.1. The standard InChI is InChI=1S/C12H15F2N3O/c1-7-3-2-4-17(7)12(18)8-5-9(13)11(16-15)10(14)6-8/h5-7,16H,2-4,15H2,1H3. The molecule has 0 aliphatic carbocycles. The van der Waals surface area contributed by atoms with Crippen LogP contribution in [0.2, 0.25) is 0 Å². The van der Waals surface area contributed by atoms with Crippen LogP contribution in [0.4, 0.5) is 14.5 Å². The third-order valence-corrected chi connectivity index (χ3v) is 3.25. The van der Waals surface area contributed by atoms with Gasteiger partial charge in [0.25, 0.3) is 5.91 Å². The molecule has 1 atom stereocenters. The zero-order chi connectivity index (χ0) is 13.3. The molecule has 1 aromatic carbocycles. The number of nitrogens with two attached hydrogens (primary N) is 1. The number of likely N-dealkylation sites (tertiary alicyclic amines) is 1. The summed E-state index contributed by atoms with van der Waals surface area (Å²) in [4.78, 5) is 13.7. The summed E-state index contributed by atoms with van der Waals surface area (Å²) >= 11 is 0. The molecule has 1 saturated heterocycles. The summed E-state index contributed by atoms with van der Waals surface area (Å²) in [5.41, 5.74) is 1.52. The molecule has 1 aliphatic heterocycles. The van der Waals surface area contributed by atoms with E-state index >= 15 is 0 Å². The van der Waals surface area contributed by atoms with Gasteiger partial charge in [0.1, 0.15) is 5.69 Å². The molecule has 6 heteroatoms. The first-order valence-electron chi connectivity index (χ1n) is 5.81. The molecule has 1 aromatic rings. The number of benzene rings is 1. The number of nitrogens with one attached hydrogen (secondary N) is 1. The van der Waals surface area contributed by atoms with Crippen molar-refractivity contribution in [1.29, 1.82) is 0 Å². The lowest BCUT2D eigenvalue weighted by molar-refractivity contribution is 0.0746. The van der Waals surface area contributed by atoms with Gasteiger partial charge >= 0.3 is 0 Å². The highest BCUT2D eigenvalue weighted by Crippen LogP contribution is 2.24. The van der Waals surface area contributed by atoms with E-state index in [1.165, 1.54) is 0 Å². The molecule has 3 N–H and O–H groups in total. The quantitative estimate of drug-likeness (QED) is 0.626. The lowest BCUT2D eigenvalue weighted by atomic mass is 10.1. The Balaban J connectivity index is 2.31. The topological polar surface area (TPSA) is 58.4 Å². The van der Waals surface area contributed by atoms with Crippen molar-refractivity contribution in [1.82, 2.24) is 4.90 Å². The van der Waals surface area contributed by atoms with E-state index in [-0.39, 0.29) is 17.5 Å². The van der Waals surface area contributed by atoms with Gasteiger partial charge in [0.2, 0.25) is 0 Å². The van der Waals surface area contributed by atoms with Crippen LogP contribution in [0.15, 0.2) is 12.1 Å².